The number of hydrogen-bond acceptors (Lipinski definition) is 4. The molecule has 0 amide bonds. The van der Waals surface area contributed by atoms with Crippen LogP contribution in [0.1, 0.15) is 5.82 Å². The first kappa shape index (κ1) is 12.5. The minimum absolute atomic E-state index is 0.703. The van der Waals surface area contributed by atoms with E-state index in [1.54, 1.807) is 6.20 Å². The Morgan fingerprint density at radius 1 is 1.20 bits per heavy atom. The molecule has 0 atom stereocenters. The van der Waals surface area contributed by atoms with Gasteiger partial charge in [-0.25, -0.2) is 4.98 Å². The molecule has 0 bridgehead atoms. The first-order chi connectivity index (χ1) is 9.66. The summed E-state index contributed by atoms with van der Waals surface area (Å²) in [5.41, 5.74) is 8.64. The standard InChI is InChI=1S/C15H17N5/c1-19-9-8-17-14(19)10-20(2)13-6-5-12(16)15-11(13)4-3-7-18-15/h3-9H,10,16H2,1-2H3. The first-order valence-electron chi connectivity index (χ1n) is 6.47. The molecule has 20 heavy (non-hydrogen) atoms. The second-order valence-corrected chi connectivity index (χ2v) is 4.88. The predicted octanol–water partition coefficient (Wildman–Crippen LogP) is 2.19. The summed E-state index contributed by atoms with van der Waals surface area (Å²) in [6.45, 7) is 0.734. The van der Waals surface area contributed by atoms with Crippen LogP contribution in [0.4, 0.5) is 11.4 Å². The van der Waals surface area contributed by atoms with Gasteiger partial charge in [-0.15, -0.1) is 0 Å². The van der Waals surface area contributed by atoms with Crippen molar-refractivity contribution in [1.82, 2.24) is 14.5 Å². The van der Waals surface area contributed by atoms with E-state index < -0.39 is 0 Å². The first-order valence-corrected chi connectivity index (χ1v) is 6.47. The van der Waals surface area contributed by atoms with Crippen molar-refractivity contribution >= 4 is 22.3 Å². The van der Waals surface area contributed by atoms with Gasteiger partial charge >= 0.3 is 0 Å². The summed E-state index contributed by atoms with van der Waals surface area (Å²) >= 11 is 0. The SMILES string of the molecule is CN(Cc1nccn1C)c1ccc(N)c2ncccc12. The van der Waals surface area contributed by atoms with Crippen LogP contribution in [0.3, 0.4) is 0 Å². The highest BCUT2D eigenvalue weighted by Crippen LogP contribution is 2.29. The average Bonchev–Trinajstić information content (AvgIpc) is 2.85. The highest BCUT2D eigenvalue weighted by atomic mass is 15.2. The van der Waals surface area contributed by atoms with Crippen LogP contribution >= 0.6 is 0 Å². The van der Waals surface area contributed by atoms with Gasteiger partial charge in [0.1, 0.15) is 5.82 Å². The van der Waals surface area contributed by atoms with Crippen LogP contribution < -0.4 is 10.6 Å². The van der Waals surface area contributed by atoms with Crippen LogP contribution in [0.5, 0.6) is 0 Å². The maximum absolute atomic E-state index is 5.99. The summed E-state index contributed by atoms with van der Waals surface area (Å²) in [4.78, 5) is 10.9. The molecule has 0 saturated heterocycles. The Morgan fingerprint density at radius 2 is 2.05 bits per heavy atom. The van der Waals surface area contributed by atoms with Gasteiger partial charge in [0, 0.05) is 43.8 Å². The van der Waals surface area contributed by atoms with E-state index in [1.165, 1.54) is 0 Å². The summed E-state index contributed by atoms with van der Waals surface area (Å²) in [5.74, 6) is 1.02. The number of hydrogen-bond donors (Lipinski definition) is 1. The highest BCUT2D eigenvalue weighted by Gasteiger charge is 2.11. The molecule has 0 saturated carbocycles. The molecule has 1 aromatic carbocycles. The number of pyridine rings is 1. The molecule has 0 unspecified atom stereocenters. The fourth-order valence-corrected chi connectivity index (χ4v) is 2.36. The van der Waals surface area contributed by atoms with Crippen LogP contribution in [0.2, 0.25) is 0 Å². The second kappa shape index (κ2) is 4.85. The number of aryl methyl sites for hydroxylation is 1. The lowest BCUT2D eigenvalue weighted by Gasteiger charge is -2.21. The molecule has 2 N–H and O–H groups in total. The number of benzene rings is 1. The Morgan fingerprint density at radius 3 is 2.80 bits per heavy atom. The number of rotatable bonds is 3. The van der Waals surface area contributed by atoms with Crippen molar-refractivity contribution in [3.63, 3.8) is 0 Å². The third-order valence-electron chi connectivity index (χ3n) is 3.49. The molecule has 0 spiro atoms. The van der Waals surface area contributed by atoms with Gasteiger partial charge in [0.2, 0.25) is 0 Å². The lowest BCUT2D eigenvalue weighted by atomic mass is 10.1. The van der Waals surface area contributed by atoms with Crippen LogP contribution in [0.25, 0.3) is 10.9 Å². The number of nitrogen functional groups attached to an aromatic ring is 1. The van der Waals surface area contributed by atoms with E-state index in [1.807, 2.05) is 55.3 Å². The van der Waals surface area contributed by atoms with E-state index in [2.05, 4.69) is 14.9 Å². The third-order valence-corrected chi connectivity index (χ3v) is 3.49. The van der Waals surface area contributed by atoms with Crippen molar-refractivity contribution in [1.29, 1.82) is 0 Å². The highest BCUT2D eigenvalue weighted by molar-refractivity contribution is 5.98. The van der Waals surface area contributed by atoms with Crippen molar-refractivity contribution in [3.05, 3.63) is 48.7 Å². The van der Waals surface area contributed by atoms with Gasteiger partial charge in [0.25, 0.3) is 0 Å². The van der Waals surface area contributed by atoms with Gasteiger partial charge in [-0.1, -0.05) is 0 Å². The molecule has 102 valence electrons. The second-order valence-electron chi connectivity index (χ2n) is 4.88. The molecule has 3 rings (SSSR count). The van der Waals surface area contributed by atoms with Gasteiger partial charge in [0.05, 0.1) is 17.7 Å². The zero-order valence-electron chi connectivity index (χ0n) is 11.6. The summed E-state index contributed by atoms with van der Waals surface area (Å²) in [5, 5.41) is 1.06. The van der Waals surface area contributed by atoms with E-state index in [0.29, 0.717) is 5.69 Å². The molecule has 0 radical (unpaired) electrons. The predicted molar refractivity (Wildman–Crippen MR) is 81.5 cm³/mol. The summed E-state index contributed by atoms with van der Waals surface area (Å²) < 4.78 is 2.02. The van der Waals surface area contributed by atoms with Crippen molar-refractivity contribution in [2.75, 3.05) is 17.7 Å². The zero-order chi connectivity index (χ0) is 14.1. The number of aromatic nitrogens is 3. The molecular formula is C15H17N5. The van der Waals surface area contributed by atoms with Gasteiger partial charge in [0.15, 0.2) is 0 Å². The van der Waals surface area contributed by atoms with E-state index in [4.69, 9.17) is 5.73 Å². The zero-order valence-corrected chi connectivity index (χ0v) is 11.6. The van der Waals surface area contributed by atoms with Gasteiger partial charge in [-0.3, -0.25) is 4.98 Å². The average molecular weight is 267 g/mol. The van der Waals surface area contributed by atoms with Crippen molar-refractivity contribution < 1.29 is 0 Å². The Kier molecular flexibility index (Phi) is 3.02. The smallest absolute Gasteiger partial charge is 0.127 e. The minimum atomic E-state index is 0.703. The maximum atomic E-state index is 5.99. The molecule has 5 nitrogen and oxygen atoms in total. The normalized spacial score (nSPS) is 10.9. The Hall–Kier alpha value is -2.56. The van der Waals surface area contributed by atoms with Crippen molar-refractivity contribution in [2.24, 2.45) is 7.05 Å². The van der Waals surface area contributed by atoms with Gasteiger partial charge in [-0.2, -0.15) is 0 Å². The molecule has 3 aromatic rings. The number of imidazole rings is 1. The quantitative estimate of drug-likeness (QED) is 0.739. The summed E-state index contributed by atoms with van der Waals surface area (Å²) in [6, 6.07) is 7.91. The third kappa shape index (κ3) is 2.07. The van der Waals surface area contributed by atoms with Gasteiger partial charge < -0.3 is 15.2 Å². The Bertz CT molecular complexity index is 747. The van der Waals surface area contributed by atoms with E-state index in [0.717, 1.165) is 29.0 Å². The molecule has 2 heterocycles. The molecule has 0 aliphatic carbocycles. The van der Waals surface area contributed by atoms with Crippen LogP contribution in [0.15, 0.2) is 42.9 Å². The van der Waals surface area contributed by atoms with Crippen LogP contribution in [-0.2, 0) is 13.6 Å². The largest absolute Gasteiger partial charge is 0.397 e. The molecule has 0 fully saturated rings. The maximum Gasteiger partial charge on any atom is 0.127 e. The number of nitrogens with zero attached hydrogens (tertiary/aromatic N) is 4. The van der Waals surface area contributed by atoms with E-state index in [9.17, 15) is 0 Å². The Balaban J connectivity index is 2.02. The fraction of sp³-hybridized carbons (Fsp3) is 0.200. The minimum Gasteiger partial charge on any atom is -0.397 e. The number of anilines is 2. The van der Waals surface area contributed by atoms with Crippen LogP contribution in [0, 0.1) is 0 Å². The van der Waals surface area contributed by atoms with Gasteiger partial charge in [-0.05, 0) is 24.3 Å². The number of nitrogens with two attached hydrogens (primary N) is 1. The van der Waals surface area contributed by atoms with Crippen molar-refractivity contribution in [3.8, 4) is 0 Å². The monoisotopic (exact) mass is 267 g/mol. The van der Waals surface area contributed by atoms with Crippen molar-refractivity contribution in [2.45, 2.75) is 6.54 Å². The molecule has 0 aliphatic rings. The van der Waals surface area contributed by atoms with E-state index >= 15 is 0 Å². The molecular weight excluding hydrogens is 250 g/mol. The molecule has 5 heteroatoms. The Labute approximate surface area is 117 Å². The van der Waals surface area contributed by atoms with E-state index in [-0.39, 0.29) is 0 Å². The fourth-order valence-electron chi connectivity index (χ4n) is 2.36. The summed E-state index contributed by atoms with van der Waals surface area (Å²) in [7, 11) is 4.05. The lowest BCUT2D eigenvalue weighted by Crippen LogP contribution is -2.19. The lowest BCUT2D eigenvalue weighted by molar-refractivity contribution is 0.763. The summed E-state index contributed by atoms with van der Waals surface area (Å²) in [6.07, 6.45) is 5.53. The number of fused-ring (bicyclic) bond motifs is 1. The topological polar surface area (TPSA) is 60.0 Å². The molecule has 0 aliphatic heterocycles. The van der Waals surface area contributed by atoms with Crippen LogP contribution in [-0.4, -0.2) is 21.6 Å². The molecule has 2 aromatic heterocycles.